The highest BCUT2D eigenvalue weighted by Gasteiger charge is 2.37. The van der Waals surface area contributed by atoms with Gasteiger partial charge in [0.25, 0.3) is 0 Å². The van der Waals surface area contributed by atoms with E-state index in [9.17, 15) is 4.79 Å². The molecule has 2 aliphatic rings. The van der Waals surface area contributed by atoms with E-state index in [0.29, 0.717) is 17.4 Å². The van der Waals surface area contributed by atoms with Crippen molar-refractivity contribution in [2.45, 2.75) is 25.9 Å². The molecule has 0 amide bonds. The SMILES string of the molecule is C=C(C)C(=O)O[C@@H]1C[C@H]2C=C[C@H]1C2. The molecule has 0 radical (unpaired) electrons. The fourth-order valence-corrected chi connectivity index (χ4v) is 2.10. The second-order valence-corrected chi connectivity index (χ2v) is 4.00. The molecule has 13 heavy (non-hydrogen) atoms. The van der Waals surface area contributed by atoms with Crippen LogP contribution in [0.25, 0.3) is 0 Å². The number of esters is 1. The lowest BCUT2D eigenvalue weighted by Gasteiger charge is -2.18. The second-order valence-electron chi connectivity index (χ2n) is 4.00. The van der Waals surface area contributed by atoms with Gasteiger partial charge in [0.05, 0.1) is 0 Å². The van der Waals surface area contributed by atoms with Gasteiger partial charge in [-0.15, -0.1) is 0 Å². The molecule has 0 N–H and O–H groups in total. The summed E-state index contributed by atoms with van der Waals surface area (Å²) in [7, 11) is 0. The Balaban J connectivity index is 1.94. The van der Waals surface area contributed by atoms with E-state index in [4.69, 9.17) is 4.74 Å². The van der Waals surface area contributed by atoms with E-state index in [-0.39, 0.29) is 12.1 Å². The van der Waals surface area contributed by atoms with Crippen LogP contribution in [0.3, 0.4) is 0 Å². The maximum Gasteiger partial charge on any atom is 0.333 e. The van der Waals surface area contributed by atoms with E-state index in [1.807, 2.05) is 0 Å². The van der Waals surface area contributed by atoms with Gasteiger partial charge in [-0.1, -0.05) is 18.7 Å². The second kappa shape index (κ2) is 3.02. The molecule has 2 bridgehead atoms. The van der Waals surface area contributed by atoms with Crippen LogP contribution in [0.1, 0.15) is 19.8 Å². The summed E-state index contributed by atoms with van der Waals surface area (Å²) in [4.78, 5) is 11.2. The maximum atomic E-state index is 11.2. The summed E-state index contributed by atoms with van der Waals surface area (Å²) in [6.07, 6.45) is 6.67. The summed E-state index contributed by atoms with van der Waals surface area (Å²) in [5.74, 6) is 0.868. The highest BCUT2D eigenvalue weighted by Crippen LogP contribution is 2.40. The largest absolute Gasteiger partial charge is 0.458 e. The van der Waals surface area contributed by atoms with Crippen molar-refractivity contribution < 1.29 is 9.53 Å². The fourth-order valence-electron chi connectivity index (χ4n) is 2.10. The van der Waals surface area contributed by atoms with Gasteiger partial charge >= 0.3 is 5.97 Å². The smallest absolute Gasteiger partial charge is 0.333 e. The van der Waals surface area contributed by atoms with E-state index in [2.05, 4.69) is 18.7 Å². The number of fused-ring (bicyclic) bond motifs is 2. The predicted molar refractivity (Wildman–Crippen MR) is 50.0 cm³/mol. The Morgan fingerprint density at radius 3 is 2.69 bits per heavy atom. The van der Waals surface area contributed by atoms with Crippen LogP contribution in [0.15, 0.2) is 24.3 Å². The molecule has 0 spiro atoms. The van der Waals surface area contributed by atoms with E-state index < -0.39 is 0 Å². The number of carbonyl (C=O) groups excluding carboxylic acids is 1. The highest BCUT2D eigenvalue weighted by atomic mass is 16.5. The van der Waals surface area contributed by atoms with Gasteiger partial charge in [0.2, 0.25) is 0 Å². The number of hydrogen-bond donors (Lipinski definition) is 0. The van der Waals surface area contributed by atoms with Gasteiger partial charge < -0.3 is 4.74 Å². The number of hydrogen-bond acceptors (Lipinski definition) is 2. The first-order valence-corrected chi connectivity index (χ1v) is 4.71. The summed E-state index contributed by atoms with van der Waals surface area (Å²) in [6, 6.07) is 0. The highest BCUT2D eigenvalue weighted by molar-refractivity contribution is 5.87. The molecule has 0 aromatic carbocycles. The van der Waals surface area contributed by atoms with Crippen LogP contribution in [0.4, 0.5) is 0 Å². The molecule has 0 aromatic rings. The van der Waals surface area contributed by atoms with Crippen LogP contribution >= 0.6 is 0 Å². The van der Waals surface area contributed by atoms with E-state index >= 15 is 0 Å². The van der Waals surface area contributed by atoms with E-state index in [1.54, 1.807) is 6.92 Å². The van der Waals surface area contributed by atoms with Gasteiger partial charge in [-0.2, -0.15) is 0 Å². The summed E-state index contributed by atoms with van der Waals surface area (Å²) >= 11 is 0. The molecule has 0 aromatic heterocycles. The first-order valence-electron chi connectivity index (χ1n) is 4.71. The molecular formula is C11H14O2. The Morgan fingerprint density at radius 2 is 2.23 bits per heavy atom. The van der Waals surface area contributed by atoms with Crippen LogP contribution in [-0.4, -0.2) is 12.1 Å². The van der Waals surface area contributed by atoms with Crippen molar-refractivity contribution in [2.24, 2.45) is 11.8 Å². The third-order valence-corrected chi connectivity index (χ3v) is 2.82. The van der Waals surface area contributed by atoms with Crippen molar-refractivity contribution in [1.29, 1.82) is 0 Å². The van der Waals surface area contributed by atoms with Crippen molar-refractivity contribution in [3.8, 4) is 0 Å². The average Bonchev–Trinajstić information content (AvgIpc) is 2.64. The third kappa shape index (κ3) is 1.53. The van der Waals surface area contributed by atoms with Gasteiger partial charge in [0.15, 0.2) is 0 Å². The molecule has 0 unspecified atom stereocenters. The van der Waals surface area contributed by atoms with Gasteiger partial charge in [0.1, 0.15) is 6.10 Å². The molecule has 70 valence electrons. The zero-order valence-electron chi connectivity index (χ0n) is 7.82. The quantitative estimate of drug-likeness (QED) is 0.367. The lowest BCUT2D eigenvalue weighted by molar-refractivity contribution is -0.145. The Morgan fingerprint density at radius 1 is 1.46 bits per heavy atom. The fraction of sp³-hybridized carbons (Fsp3) is 0.545. The molecule has 1 saturated carbocycles. The molecule has 1 fully saturated rings. The Bertz CT molecular complexity index is 278. The summed E-state index contributed by atoms with van der Waals surface area (Å²) < 4.78 is 5.32. The molecule has 0 aliphatic heterocycles. The van der Waals surface area contributed by atoms with Crippen LogP contribution < -0.4 is 0 Å². The van der Waals surface area contributed by atoms with Crippen molar-refractivity contribution in [3.63, 3.8) is 0 Å². The van der Waals surface area contributed by atoms with Crippen LogP contribution in [0.2, 0.25) is 0 Å². The molecule has 2 aliphatic carbocycles. The van der Waals surface area contributed by atoms with Crippen molar-refractivity contribution in [1.82, 2.24) is 0 Å². The average molecular weight is 178 g/mol. The monoisotopic (exact) mass is 178 g/mol. The standard InChI is InChI=1S/C11H14O2/c1-7(2)11(12)13-10-6-8-3-4-9(10)5-8/h3-4,8-10H,1,5-6H2,2H3/t8-,9-,10+/m0/s1. The Labute approximate surface area is 78.3 Å². The number of carbonyl (C=O) groups is 1. The Kier molecular flexibility index (Phi) is 1.98. The molecule has 0 saturated heterocycles. The lowest BCUT2D eigenvalue weighted by atomic mass is 10.0. The first-order chi connectivity index (χ1) is 6.16. The molecule has 3 atom stereocenters. The topological polar surface area (TPSA) is 26.3 Å². The first kappa shape index (κ1) is 8.54. The third-order valence-electron chi connectivity index (χ3n) is 2.82. The minimum atomic E-state index is -0.244. The predicted octanol–water partition coefficient (Wildman–Crippen LogP) is 2.07. The molecule has 2 rings (SSSR count). The minimum Gasteiger partial charge on any atom is -0.458 e. The molecule has 2 heteroatoms. The van der Waals surface area contributed by atoms with Crippen molar-refractivity contribution in [2.75, 3.05) is 0 Å². The van der Waals surface area contributed by atoms with Crippen LogP contribution in [-0.2, 0) is 9.53 Å². The zero-order chi connectivity index (χ0) is 9.42. The van der Waals surface area contributed by atoms with Crippen molar-refractivity contribution in [3.05, 3.63) is 24.3 Å². The van der Waals surface area contributed by atoms with Gasteiger partial charge in [-0.25, -0.2) is 4.79 Å². The van der Waals surface area contributed by atoms with E-state index in [0.717, 1.165) is 12.8 Å². The summed E-state index contributed by atoms with van der Waals surface area (Å²) in [6.45, 7) is 5.25. The Hall–Kier alpha value is -1.05. The summed E-state index contributed by atoms with van der Waals surface area (Å²) in [5, 5.41) is 0. The summed E-state index contributed by atoms with van der Waals surface area (Å²) in [5.41, 5.74) is 0.492. The molecular weight excluding hydrogens is 164 g/mol. The van der Waals surface area contributed by atoms with Crippen LogP contribution in [0.5, 0.6) is 0 Å². The number of ether oxygens (including phenoxy) is 1. The van der Waals surface area contributed by atoms with Gasteiger partial charge in [-0.3, -0.25) is 0 Å². The van der Waals surface area contributed by atoms with Gasteiger partial charge in [-0.05, 0) is 25.7 Å². The number of rotatable bonds is 2. The molecule has 2 nitrogen and oxygen atoms in total. The van der Waals surface area contributed by atoms with E-state index in [1.165, 1.54) is 0 Å². The van der Waals surface area contributed by atoms with Crippen LogP contribution in [0, 0.1) is 11.8 Å². The lowest BCUT2D eigenvalue weighted by Crippen LogP contribution is -2.22. The maximum absolute atomic E-state index is 11.2. The van der Waals surface area contributed by atoms with Gasteiger partial charge in [0, 0.05) is 11.5 Å². The number of allylic oxidation sites excluding steroid dienone is 1. The zero-order valence-corrected chi connectivity index (χ0v) is 7.82. The molecule has 0 heterocycles. The minimum absolute atomic E-state index is 0.110. The van der Waals surface area contributed by atoms with Crippen molar-refractivity contribution >= 4 is 5.97 Å². The normalized spacial score (nSPS) is 35.0.